The van der Waals surface area contributed by atoms with E-state index in [-0.39, 0.29) is 29.9 Å². The zero-order valence-corrected chi connectivity index (χ0v) is 19.4. The van der Waals surface area contributed by atoms with Gasteiger partial charge in [-0.15, -0.1) is 24.0 Å². The van der Waals surface area contributed by atoms with Crippen LogP contribution in [0.5, 0.6) is 0 Å². The fourth-order valence-corrected chi connectivity index (χ4v) is 3.42. The highest BCUT2D eigenvalue weighted by Gasteiger charge is 2.20. The topological polar surface area (TPSA) is 56.7 Å². The van der Waals surface area contributed by atoms with Gasteiger partial charge in [-0.3, -0.25) is 4.79 Å². The van der Waals surface area contributed by atoms with E-state index in [0.717, 1.165) is 38.4 Å². The number of aliphatic imine (C=N–C) groups is 1. The molecule has 1 aliphatic heterocycles. The third kappa shape index (κ3) is 7.34. The number of hydrogen-bond acceptors (Lipinski definition) is 2. The Morgan fingerprint density at radius 1 is 1.03 bits per heavy atom. The first-order valence-electron chi connectivity index (χ1n) is 10.2. The molecule has 1 fully saturated rings. The Morgan fingerprint density at radius 2 is 1.76 bits per heavy atom. The van der Waals surface area contributed by atoms with Crippen molar-refractivity contribution in [3.05, 3.63) is 71.3 Å². The Kier molecular flexibility index (Phi) is 9.97. The Balaban J connectivity index is 0.00000300. The molecule has 156 valence electrons. The van der Waals surface area contributed by atoms with Crippen molar-refractivity contribution < 1.29 is 4.79 Å². The van der Waals surface area contributed by atoms with Crippen LogP contribution in [0.2, 0.25) is 0 Å². The lowest BCUT2D eigenvalue weighted by Gasteiger charge is -2.18. The summed E-state index contributed by atoms with van der Waals surface area (Å²) in [5.41, 5.74) is 3.66. The maximum Gasteiger partial charge on any atom is 0.222 e. The summed E-state index contributed by atoms with van der Waals surface area (Å²) in [6.45, 7) is 5.86. The molecule has 0 bridgehead atoms. The van der Waals surface area contributed by atoms with Crippen LogP contribution in [-0.2, 0) is 24.3 Å². The molecule has 1 amide bonds. The summed E-state index contributed by atoms with van der Waals surface area (Å²) in [6.07, 6.45) is 2.60. The average molecular weight is 506 g/mol. The first-order chi connectivity index (χ1) is 13.8. The van der Waals surface area contributed by atoms with Gasteiger partial charge >= 0.3 is 0 Å². The van der Waals surface area contributed by atoms with Gasteiger partial charge in [-0.25, -0.2) is 4.99 Å². The predicted molar refractivity (Wildman–Crippen MR) is 129 cm³/mol. The lowest BCUT2D eigenvalue weighted by atomic mass is 10.1. The van der Waals surface area contributed by atoms with Crippen LogP contribution in [0.25, 0.3) is 0 Å². The van der Waals surface area contributed by atoms with Crippen LogP contribution in [0, 0.1) is 0 Å². The van der Waals surface area contributed by atoms with Crippen LogP contribution < -0.4 is 10.6 Å². The highest BCUT2D eigenvalue weighted by atomic mass is 127. The van der Waals surface area contributed by atoms with Gasteiger partial charge in [-0.05, 0) is 36.5 Å². The van der Waals surface area contributed by atoms with E-state index in [1.807, 2.05) is 23.1 Å². The lowest BCUT2D eigenvalue weighted by molar-refractivity contribution is -0.128. The number of carbonyl (C=O) groups excluding carboxylic acids is 1. The minimum Gasteiger partial charge on any atom is -0.357 e. The van der Waals surface area contributed by atoms with E-state index in [2.05, 4.69) is 54.0 Å². The third-order valence-corrected chi connectivity index (χ3v) is 4.95. The minimum absolute atomic E-state index is 0. The quantitative estimate of drug-likeness (QED) is 0.326. The molecular weight excluding hydrogens is 475 g/mol. The van der Waals surface area contributed by atoms with Gasteiger partial charge in [0, 0.05) is 32.6 Å². The Morgan fingerprint density at radius 3 is 2.45 bits per heavy atom. The summed E-state index contributed by atoms with van der Waals surface area (Å²) in [4.78, 5) is 18.7. The Hall–Kier alpha value is -2.09. The monoisotopic (exact) mass is 506 g/mol. The van der Waals surface area contributed by atoms with Gasteiger partial charge < -0.3 is 15.5 Å². The molecule has 29 heavy (non-hydrogen) atoms. The summed E-state index contributed by atoms with van der Waals surface area (Å²) >= 11 is 0. The van der Waals surface area contributed by atoms with Gasteiger partial charge in [0.15, 0.2) is 5.96 Å². The van der Waals surface area contributed by atoms with Crippen molar-refractivity contribution in [3.8, 4) is 0 Å². The molecule has 5 nitrogen and oxygen atoms in total. The molecule has 0 unspecified atom stereocenters. The van der Waals surface area contributed by atoms with Crippen molar-refractivity contribution in [2.45, 2.75) is 39.3 Å². The lowest BCUT2D eigenvalue weighted by Crippen LogP contribution is -2.38. The molecule has 1 aliphatic rings. The molecule has 0 radical (unpaired) electrons. The third-order valence-electron chi connectivity index (χ3n) is 4.95. The zero-order chi connectivity index (χ0) is 19.6. The number of halogens is 1. The maximum atomic E-state index is 12.0. The fourth-order valence-electron chi connectivity index (χ4n) is 3.42. The van der Waals surface area contributed by atoms with E-state index in [0.29, 0.717) is 19.5 Å². The SMILES string of the molecule is CCNC(=NCc1ccccc1CN1CCCC1=O)NCCc1ccccc1.I. The number of nitrogens with zero attached hydrogens (tertiary/aromatic N) is 2. The second-order valence-corrected chi connectivity index (χ2v) is 7.05. The number of amides is 1. The van der Waals surface area contributed by atoms with E-state index >= 15 is 0 Å². The molecule has 0 atom stereocenters. The van der Waals surface area contributed by atoms with Crippen LogP contribution in [0.3, 0.4) is 0 Å². The van der Waals surface area contributed by atoms with Crippen LogP contribution in [0.4, 0.5) is 0 Å². The zero-order valence-electron chi connectivity index (χ0n) is 17.1. The number of nitrogens with one attached hydrogen (secondary N) is 2. The summed E-state index contributed by atoms with van der Waals surface area (Å²) in [5.74, 6) is 1.08. The molecule has 0 aliphatic carbocycles. The minimum atomic E-state index is 0. The first kappa shape index (κ1) is 23.2. The number of guanidine groups is 1. The number of likely N-dealkylation sites (tertiary alicyclic amines) is 1. The van der Waals surface area contributed by atoms with Crippen molar-refractivity contribution in [1.29, 1.82) is 0 Å². The number of hydrogen-bond donors (Lipinski definition) is 2. The second kappa shape index (κ2) is 12.5. The van der Waals surface area contributed by atoms with Crippen molar-refractivity contribution in [3.63, 3.8) is 0 Å². The van der Waals surface area contributed by atoms with Crippen molar-refractivity contribution >= 4 is 35.8 Å². The summed E-state index contributed by atoms with van der Waals surface area (Å²) in [6, 6.07) is 18.7. The van der Waals surface area contributed by atoms with Gasteiger partial charge in [0.05, 0.1) is 6.54 Å². The van der Waals surface area contributed by atoms with Crippen molar-refractivity contribution in [2.75, 3.05) is 19.6 Å². The summed E-state index contributed by atoms with van der Waals surface area (Å²) in [7, 11) is 0. The molecule has 1 heterocycles. The molecule has 0 spiro atoms. The van der Waals surface area contributed by atoms with E-state index < -0.39 is 0 Å². The number of rotatable bonds is 8. The molecule has 3 rings (SSSR count). The molecular formula is C23H31IN4O. The molecule has 2 aromatic rings. The van der Waals surface area contributed by atoms with Gasteiger partial charge in [0.25, 0.3) is 0 Å². The first-order valence-corrected chi connectivity index (χ1v) is 10.2. The Labute approximate surface area is 191 Å². The fraction of sp³-hybridized carbons (Fsp3) is 0.391. The highest BCUT2D eigenvalue weighted by Crippen LogP contribution is 2.17. The van der Waals surface area contributed by atoms with Crippen molar-refractivity contribution in [1.82, 2.24) is 15.5 Å². The van der Waals surface area contributed by atoms with Gasteiger partial charge in [0.1, 0.15) is 0 Å². The van der Waals surface area contributed by atoms with E-state index in [9.17, 15) is 4.79 Å². The van der Waals surface area contributed by atoms with Crippen LogP contribution in [0.1, 0.15) is 36.5 Å². The number of carbonyl (C=O) groups is 1. The van der Waals surface area contributed by atoms with E-state index in [1.165, 1.54) is 16.7 Å². The molecule has 6 heteroatoms. The van der Waals surface area contributed by atoms with E-state index in [1.54, 1.807) is 0 Å². The second-order valence-electron chi connectivity index (χ2n) is 7.05. The highest BCUT2D eigenvalue weighted by molar-refractivity contribution is 14.0. The largest absolute Gasteiger partial charge is 0.357 e. The molecule has 0 saturated carbocycles. The van der Waals surface area contributed by atoms with Gasteiger partial charge in [-0.2, -0.15) is 0 Å². The summed E-state index contributed by atoms with van der Waals surface area (Å²) < 4.78 is 0. The predicted octanol–water partition coefficient (Wildman–Crippen LogP) is 3.72. The average Bonchev–Trinajstić information content (AvgIpc) is 3.12. The van der Waals surface area contributed by atoms with E-state index in [4.69, 9.17) is 4.99 Å². The smallest absolute Gasteiger partial charge is 0.222 e. The van der Waals surface area contributed by atoms with Crippen LogP contribution in [-0.4, -0.2) is 36.4 Å². The van der Waals surface area contributed by atoms with Crippen molar-refractivity contribution in [2.24, 2.45) is 4.99 Å². The number of benzene rings is 2. The Bertz CT molecular complexity index is 794. The standard InChI is InChI=1S/C23H30N4O.HI/c1-2-24-23(25-15-14-19-9-4-3-5-10-19)26-17-20-11-6-7-12-21(20)18-27-16-8-13-22(27)28;/h3-7,9-12H,2,8,13-18H2,1H3,(H2,24,25,26);1H. The molecule has 2 aromatic carbocycles. The molecule has 1 saturated heterocycles. The van der Waals surface area contributed by atoms with Gasteiger partial charge in [-0.1, -0.05) is 54.6 Å². The molecule has 0 aromatic heterocycles. The van der Waals surface area contributed by atoms with Crippen LogP contribution >= 0.6 is 24.0 Å². The summed E-state index contributed by atoms with van der Waals surface area (Å²) in [5, 5.41) is 6.73. The normalized spacial score (nSPS) is 13.9. The maximum absolute atomic E-state index is 12.0. The molecule has 2 N–H and O–H groups in total. The van der Waals surface area contributed by atoms with Crippen LogP contribution in [0.15, 0.2) is 59.6 Å². The van der Waals surface area contributed by atoms with Gasteiger partial charge in [0.2, 0.25) is 5.91 Å².